The molecule has 0 unspecified atom stereocenters. The third-order valence-electron chi connectivity index (χ3n) is 6.12. The van der Waals surface area contributed by atoms with Crippen LogP contribution < -0.4 is 0 Å². The van der Waals surface area contributed by atoms with Gasteiger partial charge in [-0.15, -0.1) is 0 Å². The van der Waals surface area contributed by atoms with Gasteiger partial charge in [0.05, 0.1) is 0 Å². The maximum Gasteiger partial charge on any atom is 0.167 e. The number of carbonyl (C=O) groups excluding carboxylic acids is 1. The Balaban J connectivity index is 1.93. The van der Waals surface area contributed by atoms with Gasteiger partial charge in [-0.25, -0.2) is 0 Å². The lowest BCUT2D eigenvalue weighted by Crippen LogP contribution is -2.51. The minimum absolute atomic E-state index is 0.213. The molecule has 0 aromatic rings. The van der Waals surface area contributed by atoms with Gasteiger partial charge in [-0.1, -0.05) is 26.7 Å². The van der Waals surface area contributed by atoms with E-state index in [-0.39, 0.29) is 5.60 Å². The Hall–Kier alpha value is -0.370. The van der Waals surface area contributed by atoms with Gasteiger partial charge in [0, 0.05) is 6.42 Å². The third-order valence-corrected chi connectivity index (χ3v) is 6.12. The second-order valence-electron chi connectivity index (χ2n) is 7.28. The van der Waals surface area contributed by atoms with E-state index in [4.69, 9.17) is 4.74 Å². The molecule has 0 radical (unpaired) electrons. The highest BCUT2D eigenvalue weighted by molar-refractivity contribution is 5.92. The van der Waals surface area contributed by atoms with Gasteiger partial charge in [-0.05, 0) is 43.9 Å². The van der Waals surface area contributed by atoms with E-state index in [0.717, 1.165) is 18.8 Å². The van der Waals surface area contributed by atoms with Gasteiger partial charge in [0.25, 0.3) is 0 Å². The van der Waals surface area contributed by atoms with Crippen LogP contribution in [0.1, 0.15) is 59.8 Å². The highest BCUT2D eigenvalue weighted by Crippen LogP contribution is 2.64. The molecular weight excluding hydrogens is 212 g/mol. The van der Waals surface area contributed by atoms with Gasteiger partial charge < -0.3 is 4.74 Å². The van der Waals surface area contributed by atoms with E-state index < -0.39 is 5.60 Å². The number of fused-ring (bicyclic) bond motifs is 1. The number of ether oxygens (including phenoxy) is 1. The monoisotopic (exact) mass is 236 g/mol. The Morgan fingerprint density at radius 2 is 1.88 bits per heavy atom. The first kappa shape index (κ1) is 11.7. The van der Waals surface area contributed by atoms with Crippen LogP contribution in [0.15, 0.2) is 0 Å². The molecule has 3 aliphatic rings. The summed E-state index contributed by atoms with van der Waals surface area (Å²) in [5, 5.41) is 0. The number of hydrogen-bond donors (Lipinski definition) is 0. The van der Waals surface area contributed by atoms with Crippen molar-refractivity contribution in [2.45, 2.75) is 71.0 Å². The molecule has 2 heteroatoms. The normalized spacial score (nSPS) is 52.4. The molecule has 0 N–H and O–H groups in total. The number of carbonyl (C=O) groups is 1. The van der Waals surface area contributed by atoms with Crippen LogP contribution in [0.2, 0.25) is 0 Å². The number of rotatable bonds is 0. The highest BCUT2D eigenvalue weighted by atomic mass is 16.6. The Kier molecular flexibility index (Phi) is 2.16. The zero-order chi connectivity index (χ0) is 12.5. The Bertz CT molecular complexity index is 373. The summed E-state index contributed by atoms with van der Waals surface area (Å²) in [5.74, 6) is 1.70. The summed E-state index contributed by atoms with van der Waals surface area (Å²) in [6.45, 7) is 8.91. The van der Waals surface area contributed by atoms with Gasteiger partial charge in [0.15, 0.2) is 11.4 Å². The van der Waals surface area contributed by atoms with Crippen molar-refractivity contribution >= 4 is 5.78 Å². The predicted octanol–water partition coefficient (Wildman–Crippen LogP) is 3.34. The first-order chi connectivity index (χ1) is 7.82. The average Bonchev–Trinajstić information content (AvgIpc) is 2.75. The van der Waals surface area contributed by atoms with Crippen LogP contribution in [0.25, 0.3) is 0 Å². The standard InChI is InChI=1S/C15H24O2/c1-10-6-5-7-11-8-12(16)15(9-14(10,11)4)13(2,3)17-15/h10-11H,5-9H2,1-4H3/t10-,11+,14+,15+/m0/s1. The predicted molar refractivity (Wildman–Crippen MR) is 66.7 cm³/mol. The lowest BCUT2D eigenvalue weighted by Gasteiger charge is -2.51. The van der Waals surface area contributed by atoms with Crippen molar-refractivity contribution < 1.29 is 9.53 Å². The molecule has 3 fully saturated rings. The van der Waals surface area contributed by atoms with Crippen LogP contribution in [-0.2, 0) is 9.53 Å². The number of ketones is 1. The van der Waals surface area contributed by atoms with E-state index in [9.17, 15) is 4.79 Å². The van der Waals surface area contributed by atoms with Gasteiger partial charge in [-0.2, -0.15) is 0 Å². The average molecular weight is 236 g/mol. The topological polar surface area (TPSA) is 29.6 Å². The second-order valence-corrected chi connectivity index (χ2v) is 7.28. The number of Topliss-reactive ketones (excluding diaryl/α,β-unsaturated/α-hetero) is 1. The summed E-state index contributed by atoms with van der Waals surface area (Å²) in [6.07, 6.45) is 5.56. The van der Waals surface area contributed by atoms with Crippen molar-refractivity contribution in [2.75, 3.05) is 0 Å². The van der Waals surface area contributed by atoms with Gasteiger partial charge >= 0.3 is 0 Å². The van der Waals surface area contributed by atoms with E-state index in [1.54, 1.807) is 0 Å². The largest absolute Gasteiger partial charge is 0.355 e. The number of hydrogen-bond acceptors (Lipinski definition) is 2. The summed E-state index contributed by atoms with van der Waals surface area (Å²) in [5.41, 5.74) is -0.320. The Morgan fingerprint density at radius 1 is 1.24 bits per heavy atom. The van der Waals surface area contributed by atoms with E-state index in [1.165, 1.54) is 19.3 Å². The van der Waals surface area contributed by atoms with Crippen molar-refractivity contribution in [2.24, 2.45) is 17.3 Å². The summed E-state index contributed by atoms with van der Waals surface area (Å²) in [6, 6.07) is 0. The van der Waals surface area contributed by atoms with Crippen LogP contribution in [0.4, 0.5) is 0 Å². The maximum atomic E-state index is 12.4. The molecular formula is C15H24O2. The lowest BCUT2D eigenvalue weighted by atomic mass is 9.52. The second kappa shape index (κ2) is 3.14. The Labute approximate surface area is 104 Å². The molecule has 0 amide bonds. The van der Waals surface area contributed by atoms with Crippen LogP contribution in [0.5, 0.6) is 0 Å². The molecule has 2 nitrogen and oxygen atoms in total. The first-order valence-corrected chi connectivity index (χ1v) is 7.05. The van der Waals surface area contributed by atoms with E-state index in [0.29, 0.717) is 17.1 Å². The minimum Gasteiger partial charge on any atom is -0.355 e. The summed E-state index contributed by atoms with van der Waals surface area (Å²) >= 11 is 0. The fraction of sp³-hybridized carbons (Fsp3) is 0.933. The van der Waals surface area contributed by atoms with Crippen molar-refractivity contribution in [3.05, 3.63) is 0 Å². The quantitative estimate of drug-likeness (QED) is 0.604. The summed E-state index contributed by atoms with van der Waals surface area (Å²) in [7, 11) is 0. The Morgan fingerprint density at radius 3 is 2.47 bits per heavy atom. The zero-order valence-electron chi connectivity index (χ0n) is 11.5. The van der Waals surface area contributed by atoms with Gasteiger partial charge in [-0.3, -0.25) is 4.79 Å². The fourth-order valence-electron chi connectivity index (χ4n) is 4.46. The van der Waals surface area contributed by atoms with Gasteiger partial charge in [0.1, 0.15) is 5.60 Å². The van der Waals surface area contributed by atoms with Crippen molar-refractivity contribution in [3.63, 3.8) is 0 Å². The van der Waals surface area contributed by atoms with Gasteiger partial charge in [0.2, 0.25) is 0 Å². The molecule has 96 valence electrons. The minimum atomic E-state index is -0.427. The van der Waals surface area contributed by atoms with Crippen LogP contribution in [0.3, 0.4) is 0 Å². The van der Waals surface area contributed by atoms with E-state index in [1.807, 2.05) is 0 Å². The summed E-state index contributed by atoms with van der Waals surface area (Å²) in [4.78, 5) is 12.4. The molecule has 2 aliphatic carbocycles. The van der Waals surface area contributed by atoms with E-state index in [2.05, 4.69) is 27.7 Å². The highest BCUT2D eigenvalue weighted by Gasteiger charge is 2.73. The van der Waals surface area contributed by atoms with Crippen molar-refractivity contribution in [1.29, 1.82) is 0 Å². The zero-order valence-corrected chi connectivity index (χ0v) is 11.5. The maximum absolute atomic E-state index is 12.4. The fourth-order valence-corrected chi connectivity index (χ4v) is 4.46. The molecule has 1 aliphatic heterocycles. The van der Waals surface area contributed by atoms with Crippen LogP contribution >= 0.6 is 0 Å². The lowest BCUT2D eigenvalue weighted by molar-refractivity contribution is -0.136. The van der Waals surface area contributed by atoms with E-state index >= 15 is 0 Å². The molecule has 3 rings (SSSR count). The summed E-state index contributed by atoms with van der Waals surface area (Å²) < 4.78 is 5.86. The SMILES string of the molecule is C[C@H]1CCC[C@@H]2CC(=O)[C@@]3(C[C@@]21C)OC3(C)C. The molecule has 1 saturated heterocycles. The smallest absolute Gasteiger partial charge is 0.167 e. The molecule has 2 saturated carbocycles. The molecule has 1 heterocycles. The van der Waals surface area contributed by atoms with Crippen LogP contribution in [0, 0.1) is 17.3 Å². The molecule has 1 spiro atoms. The van der Waals surface area contributed by atoms with Crippen LogP contribution in [-0.4, -0.2) is 17.0 Å². The van der Waals surface area contributed by atoms with Crippen molar-refractivity contribution in [3.8, 4) is 0 Å². The number of epoxide rings is 1. The molecule has 0 aromatic carbocycles. The first-order valence-electron chi connectivity index (χ1n) is 7.05. The molecule has 17 heavy (non-hydrogen) atoms. The molecule has 4 atom stereocenters. The third kappa shape index (κ3) is 1.34. The molecule has 0 aromatic heterocycles. The molecule has 0 bridgehead atoms. The van der Waals surface area contributed by atoms with Crippen molar-refractivity contribution in [1.82, 2.24) is 0 Å².